The number of nitrogens with one attached hydrogen (secondary N) is 1. The Kier molecular flexibility index (Phi) is 4.63. The van der Waals surface area contributed by atoms with Gasteiger partial charge in [0.15, 0.2) is 0 Å². The third kappa shape index (κ3) is 2.19. The third-order valence-electron chi connectivity index (χ3n) is 3.86. The zero-order chi connectivity index (χ0) is 11.3. The van der Waals surface area contributed by atoms with Crippen molar-refractivity contribution in [1.82, 2.24) is 10.2 Å². The molecule has 86 valence electrons. The summed E-state index contributed by atoms with van der Waals surface area (Å²) in [5.41, 5.74) is 0.215. The van der Waals surface area contributed by atoms with Crippen LogP contribution in [0.25, 0.3) is 0 Å². The molecule has 1 saturated carbocycles. The van der Waals surface area contributed by atoms with Crippen molar-refractivity contribution in [3.8, 4) is 12.3 Å². The van der Waals surface area contributed by atoms with E-state index in [2.05, 4.69) is 30.0 Å². The van der Waals surface area contributed by atoms with E-state index >= 15 is 0 Å². The minimum absolute atomic E-state index is 0.194. The van der Waals surface area contributed by atoms with Crippen LogP contribution in [0.15, 0.2) is 0 Å². The first-order chi connectivity index (χ1) is 7.25. The van der Waals surface area contributed by atoms with Gasteiger partial charge in [-0.3, -0.25) is 4.90 Å². The molecule has 2 heteroatoms. The van der Waals surface area contributed by atoms with Gasteiger partial charge in [0.2, 0.25) is 0 Å². The van der Waals surface area contributed by atoms with Crippen molar-refractivity contribution in [3.63, 3.8) is 0 Å². The first-order valence-electron chi connectivity index (χ1n) is 6.13. The predicted octanol–water partition coefficient (Wildman–Crippen LogP) is 1.86. The maximum Gasteiger partial charge on any atom is 0.0870 e. The number of rotatable bonds is 5. The molecule has 1 aliphatic carbocycles. The van der Waals surface area contributed by atoms with Crippen molar-refractivity contribution in [2.45, 2.75) is 51.1 Å². The highest BCUT2D eigenvalue weighted by Gasteiger charge is 2.43. The summed E-state index contributed by atoms with van der Waals surface area (Å²) in [6.07, 6.45) is 10.8. The molecule has 1 rings (SSSR count). The van der Waals surface area contributed by atoms with Crippen LogP contribution in [0.1, 0.15) is 39.5 Å². The lowest BCUT2D eigenvalue weighted by atomic mass is 9.86. The summed E-state index contributed by atoms with van der Waals surface area (Å²) in [6.45, 7) is 6.65. The van der Waals surface area contributed by atoms with Gasteiger partial charge in [0.25, 0.3) is 0 Å². The van der Waals surface area contributed by atoms with Gasteiger partial charge < -0.3 is 5.32 Å². The molecule has 0 aromatic heterocycles. The van der Waals surface area contributed by atoms with Gasteiger partial charge in [0.1, 0.15) is 0 Å². The van der Waals surface area contributed by atoms with Crippen molar-refractivity contribution in [3.05, 3.63) is 0 Å². The lowest BCUT2D eigenvalue weighted by Gasteiger charge is -2.44. The Bertz CT molecular complexity index is 219. The summed E-state index contributed by atoms with van der Waals surface area (Å²) in [6, 6.07) is 0.194. The highest BCUT2D eigenvalue weighted by Crippen LogP contribution is 2.37. The standard InChI is InChI=1S/C13H24N2/c1-5-12(14-4)13(10-8-9-11-13)15(6-2)7-3/h1,12,14H,6-11H2,2-4H3. The fraction of sp³-hybridized carbons (Fsp3) is 0.846. The zero-order valence-corrected chi connectivity index (χ0v) is 10.3. The third-order valence-corrected chi connectivity index (χ3v) is 3.86. The Balaban J connectivity index is 2.91. The molecule has 0 bridgehead atoms. The molecule has 0 spiro atoms. The number of hydrogen-bond acceptors (Lipinski definition) is 2. The van der Waals surface area contributed by atoms with E-state index in [9.17, 15) is 0 Å². The quantitative estimate of drug-likeness (QED) is 0.694. The molecule has 0 heterocycles. The summed E-state index contributed by atoms with van der Waals surface area (Å²) >= 11 is 0. The molecular weight excluding hydrogens is 184 g/mol. The lowest BCUT2D eigenvalue weighted by Crippen LogP contribution is -2.58. The fourth-order valence-electron chi connectivity index (χ4n) is 3.14. The van der Waals surface area contributed by atoms with E-state index < -0.39 is 0 Å². The zero-order valence-electron chi connectivity index (χ0n) is 10.3. The van der Waals surface area contributed by atoms with Gasteiger partial charge >= 0.3 is 0 Å². The monoisotopic (exact) mass is 208 g/mol. The van der Waals surface area contributed by atoms with E-state index in [1.54, 1.807) is 0 Å². The van der Waals surface area contributed by atoms with Gasteiger partial charge in [-0.05, 0) is 33.0 Å². The summed E-state index contributed by atoms with van der Waals surface area (Å²) in [7, 11) is 1.98. The van der Waals surface area contributed by atoms with Crippen LogP contribution in [0, 0.1) is 12.3 Å². The van der Waals surface area contributed by atoms with Gasteiger partial charge in [-0.2, -0.15) is 0 Å². The van der Waals surface area contributed by atoms with Crippen LogP contribution in [0.2, 0.25) is 0 Å². The number of terminal acetylenes is 1. The second-order valence-corrected chi connectivity index (χ2v) is 4.37. The SMILES string of the molecule is C#CC(NC)C1(N(CC)CC)CCCC1. The molecule has 0 amide bonds. The summed E-state index contributed by atoms with van der Waals surface area (Å²) < 4.78 is 0. The van der Waals surface area contributed by atoms with Crippen molar-refractivity contribution in [1.29, 1.82) is 0 Å². The average molecular weight is 208 g/mol. The molecule has 1 fully saturated rings. The number of nitrogens with zero attached hydrogens (tertiary/aromatic N) is 1. The molecule has 1 aliphatic rings. The van der Waals surface area contributed by atoms with Crippen LogP contribution >= 0.6 is 0 Å². The summed E-state index contributed by atoms with van der Waals surface area (Å²) in [5, 5.41) is 3.31. The van der Waals surface area contributed by atoms with Crippen LogP contribution in [0.5, 0.6) is 0 Å². The molecule has 0 aliphatic heterocycles. The molecule has 1 unspecified atom stereocenters. The summed E-state index contributed by atoms with van der Waals surface area (Å²) in [4.78, 5) is 2.54. The molecule has 1 N–H and O–H groups in total. The predicted molar refractivity (Wildman–Crippen MR) is 65.8 cm³/mol. The minimum atomic E-state index is 0.194. The highest BCUT2D eigenvalue weighted by atomic mass is 15.2. The van der Waals surface area contributed by atoms with Crippen LogP contribution in [0.4, 0.5) is 0 Å². The second kappa shape index (κ2) is 5.53. The van der Waals surface area contributed by atoms with Crippen LogP contribution in [-0.2, 0) is 0 Å². The first kappa shape index (κ1) is 12.5. The van der Waals surface area contributed by atoms with Crippen molar-refractivity contribution in [2.75, 3.05) is 20.1 Å². The molecule has 15 heavy (non-hydrogen) atoms. The Morgan fingerprint density at radius 1 is 1.33 bits per heavy atom. The van der Waals surface area contributed by atoms with Crippen LogP contribution in [0.3, 0.4) is 0 Å². The van der Waals surface area contributed by atoms with E-state index in [0.717, 1.165) is 13.1 Å². The maximum absolute atomic E-state index is 5.66. The fourth-order valence-corrected chi connectivity index (χ4v) is 3.14. The minimum Gasteiger partial charge on any atom is -0.305 e. The highest BCUT2D eigenvalue weighted by molar-refractivity contribution is 5.15. The van der Waals surface area contributed by atoms with Gasteiger partial charge in [0.05, 0.1) is 6.04 Å². The maximum atomic E-state index is 5.66. The van der Waals surface area contributed by atoms with Gasteiger partial charge in [-0.15, -0.1) is 6.42 Å². The van der Waals surface area contributed by atoms with E-state index in [-0.39, 0.29) is 11.6 Å². The normalized spacial score (nSPS) is 21.5. The molecule has 0 saturated heterocycles. The van der Waals surface area contributed by atoms with Gasteiger partial charge in [-0.1, -0.05) is 32.6 Å². The number of hydrogen-bond donors (Lipinski definition) is 1. The molecule has 0 aromatic carbocycles. The molecule has 1 atom stereocenters. The molecular formula is C13H24N2. The molecule has 0 radical (unpaired) electrons. The Labute approximate surface area is 94.4 Å². The lowest BCUT2D eigenvalue weighted by molar-refractivity contribution is 0.0847. The number of likely N-dealkylation sites (N-methyl/N-ethyl adjacent to an activating group) is 2. The van der Waals surface area contributed by atoms with Gasteiger partial charge in [-0.25, -0.2) is 0 Å². The second-order valence-electron chi connectivity index (χ2n) is 4.37. The molecule has 0 aromatic rings. The van der Waals surface area contributed by atoms with E-state index in [1.807, 2.05) is 7.05 Å². The van der Waals surface area contributed by atoms with Crippen LogP contribution in [-0.4, -0.2) is 36.6 Å². The van der Waals surface area contributed by atoms with Crippen molar-refractivity contribution >= 4 is 0 Å². The molecule has 2 nitrogen and oxygen atoms in total. The van der Waals surface area contributed by atoms with E-state index in [1.165, 1.54) is 25.7 Å². The Morgan fingerprint density at radius 3 is 2.20 bits per heavy atom. The summed E-state index contributed by atoms with van der Waals surface area (Å²) in [5.74, 6) is 2.93. The largest absolute Gasteiger partial charge is 0.305 e. The topological polar surface area (TPSA) is 15.3 Å². The van der Waals surface area contributed by atoms with E-state index in [4.69, 9.17) is 6.42 Å². The van der Waals surface area contributed by atoms with E-state index in [0.29, 0.717) is 0 Å². The van der Waals surface area contributed by atoms with Gasteiger partial charge in [0, 0.05) is 5.54 Å². The Hall–Kier alpha value is -0.520. The van der Waals surface area contributed by atoms with Crippen molar-refractivity contribution < 1.29 is 0 Å². The smallest absolute Gasteiger partial charge is 0.0870 e. The van der Waals surface area contributed by atoms with Crippen molar-refractivity contribution in [2.24, 2.45) is 0 Å². The average Bonchev–Trinajstić information content (AvgIpc) is 2.72. The first-order valence-corrected chi connectivity index (χ1v) is 6.13. The van der Waals surface area contributed by atoms with Crippen LogP contribution < -0.4 is 5.32 Å². The Morgan fingerprint density at radius 2 is 1.87 bits per heavy atom.